The molecule has 0 bridgehead atoms. The number of rotatable bonds is 8. The molecular weight excluding hydrogens is 266 g/mol. The summed E-state index contributed by atoms with van der Waals surface area (Å²) in [7, 11) is 0. The van der Waals surface area contributed by atoms with Crippen LogP contribution >= 0.6 is 0 Å². The summed E-state index contributed by atoms with van der Waals surface area (Å²) in [5.74, 6) is -0.218. The molecule has 0 atom stereocenters. The zero-order valence-electron chi connectivity index (χ0n) is 12.2. The molecule has 0 unspecified atom stereocenters. The van der Waals surface area contributed by atoms with Gasteiger partial charge in [-0.3, -0.25) is 9.48 Å². The molecule has 0 saturated carbocycles. The van der Waals surface area contributed by atoms with Gasteiger partial charge >= 0.3 is 0 Å². The number of likely N-dealkylation sites (N-methyl/N-ethyl adjacent to an activating group) is 1. The maximum Gasteiger partial charge on any atom is 0.282 e. The van der Waals surface area contributed by atoms with Crippen LogP contribution in [0.1, 0.15) is 31.7 Å². The average Bonchev–Trinajstić information content (AvgIpc) is 2.76. The highest BCUT2D eigenvalue weighted by molar-refractivity contribution is 5.75. The van der Waals surface area contributed by atoms with Gasteiger partial charge in [-0.15, -0.1) is 0 Å². The van der Waals surface area contributed by atoms with Crippen molar-refractivity contribution in [3.8, 4) is 0 Å². The van der Waals surface area contributed by atoms with E-state index in [1.54, 1.807) is 6.92 Å². The lowest BCUT2D eigenvalue weighted by atomic mass is 10.4. The van der Waals surface area contributed by atoms with Crippen LogP contribution in [0.4, 0.5) is 8.78 Å². The van der Waals surface area contributed by atoms with Crippen LogP contribution in [0.5, 0.6) is 0 Å². The first kappa shape index (κ1) is 16.6. The molecule has 0 aliphatic carbocycles. The van der Waals surface area contributed by atoms with Crippen molar-refractivity contribution in [3.63, 3.8) is 0 Å². The highest BCUT2D eigenvalue weighted by atomic mass is 19.3. The Morgan fingerprint density at radius 3 is 2.60 bits per heavy atom. The van der Waals surface area contributed by atoms with Crippen LogP contribution < -0.4 is 5.32 Å². The van der Waals surface area contributed by atoms with Crippen LogP contribution in [0.15, 0.2) is 6.07 Å². The van der Waals surface area contributed by atoms with Gasteiger partial charge in [0.25, 0.3) is 6.43 Å². The lowest BCUT2D eigenvalue weighted by Gasteiger charge is -2.18. The lowest BCUT2D eigenvalue weighted by Crippen LogP contribution is -2.36. The van der Waals surface area contributed by atoms with Crippen LogP contribution in [0.2, 0.25) is 0 Å². The number of hydrogen-bond acceptors (Lipinski definition) is 3. The summed E-state index contributed by atoms with van der Waals surface area (Å²) in [6, 6.07) is 1.30. The van der Waals surface area contributed by atoms with Gasteiger partial charge in [0.15, 0.2) is 0 Å². The van der Waals surface area contributed by atoms with E-state index in [-0.39, 0.29) is 18.1 Å². The number of amides is 1. The summed E-state index contributed by atoms with van der Waals surface area (Å²) >= 11 is 0. The topological polar surface area (TPSA) is 50.2 Å². The van der Waals surface area contributed by atoms with Crippen molar-refractivity contribution in [1.82, 2.24) is 20.0 Å². The zero-order valence-corrected chi connectivity index (χ0v) is 12.2. The third-order valence-corrected chi connectivity index (χ3v) is 3.16. The van der Waals surface area contributed by atoms with E-state index < -0.39 is 6.43 Å². The van der Waals surface area contributed by atoms with E-state index in [0.717, 1.165) is 19.6 Å². The molecule has 1 aromatic rings. The number of hydrogen-bond donors (Lipinski definition) is 1. The van der Waals surface area contributed by atoms with E-state index in [9.17, 15) is 13.6 Å². The second kappa shape index (κ2) is 7.94. The number of alkyl halides is 2. The molecule has 0 radical (unpaired) electrons. The van der Waals surface area contributed by atoms with Gasteiger partial charge in [-0.05, 0) is 26.1 Å². The Balaban J connectivity index is 2.42. The van der Waals surface area contributed by atoms with Gasteiger partial charge in [0.05, 0.1) is 0 Å². The standard InChI is InChI=1S/C13H22F2N4O/c1-4-18(5-2)7-6-16-12(20)9-19-10(3)8-11(17-19)13(14)15/h8,13H,4-7,9H2,1-3H3,(H,16,20). The molecule has 1 heterocycles. The summed E-state index contributed by atoms with van der Waals surface area (Å²) in [5, 5.41) is 6.49. The van der Waals surface area contributed by atoms with E-state index in [1.807, 2.05) is 0 Å². The lowest BCUT2D eigenvalue weighted by molar-refractivity contribution is -0.121. The maximum atomic E-state index is 12.5. The van der Waals surface area contributed by atoms with Crippen molar-refractivity contribution < 1.29 is 13.6 Å². The molecule has 0 fully saturated rings. The number of nitrogens with one attached hydrogen (secondary N) is 1. The van der Waals surface area contributed by atoms with Crippen LogP contribution in [-0.2, 0) is 11.3 Å². The van der Waals surface area contributed by atoms with E-state index in [0.29, 0.717) is 12.2 Å². The zero-order chi connectivity index (χ0) is 15.1. The predicted molar refractivity (Wildman–Crippen MR) is 72.7 cm³/mol. The Labute approximate surface area is 117 Å². The molecule has 0 aromatic carbocycles. The molecule has 7 heteroatoms. The van der Waals surface area contributed by atoms with Crippen molar-refractivity contribution in [1.29, 1.82) is 0 Å². The predicted octanol–water partition coefficient (Wildman–Crippen LogP) is 1.59. The number of nitrogens with zero attached hydrogens (tertiary/aromatic N) is 3. The maximum absolute atomic E-state index is 12.5. The normalized spacial score (nSPS) is 11.3. The molecule has 114 valence electrons. The van der Waals surface area contributed by atoms with Gasteiger partial charge in [0.1, 0.15) is 12.2 Å². The number of halogens is 2. The summed E-state index contributed by atoms with van der Waals surface area (Å²) < 4.78 is 26.3. The Bertz CT molecular complexity index is 430. The number of aromatic nitrogens is 2. The van der Waals surface area contributed by atoms with E-state index >= 15 is 0 Å². The molecule has 0 aliphatic heterocycles. The van der Waals surface area contributed by atoms with Gasteiger partial charge in [-0.25, -0.2) is 8.78 Å². The first-order valence-electron chi connectivity index (χ1n) is 6.79. The highest BCUT2D eigenvalue weighted by Gasteiger charge is 2.14. The van der Waals surface area contributed by atoms with Gasteiger partial charge in [0, 0.05) is 18.8 Å². The largest absolute Gasteiger partial charge is 0.353 e. The van der Waals surface area contributed by atoms with E-state index in [2.05, 4.69) is 29.2 Å². The second-order valence-corrected chi connectivity index (χ2v) is 4.55. The molecule has 20 heavy (non-hydrogen) atoms. The molecule has 1 rings (SSSR count). The van der Waals surface area contributed by atoms with Gasteiger partial charge in [0.2, 0.25) is 5.91 Å². The third kappa shape index (κ3) is 4.88. The fraction of sp³-hybridized carbons (Fsp3) is 0.692. The number of carbonyl (C=O) groups is 1. The SMILES string of the molecule is CCN(CC)CCNC(=O)Cn1nc(C(F)F)cc1C. The molecule has 0 saturated heterocycles. The van der Waals surface area contributed by atoms with Crippen LogP contribution in [0, 0.1) is 6.92 Å². The molecular formula is C13H22F2N4O. The molecule has 1 amide bonds. The Hall–Kier alpha value is -1.50. The van der Waals surface area contributed by atoms with Crippen molar-refractivity contribution in [3.05, 3.63) is 17.5 Å². The Kier molecular flexibility index (Phi) is 6.57. The molecule has 1 aromatic heterocycles. The minimum atomic E-state index is -2.61. The number of carbonyl (C=O) groups excluding carboxylic acids is 1. The minimum Gasteiger partial charge on any atom is -0.353 e. The first-order chi connectivity index (χ1) is 9.47. The van der Waals surface area contributed by atoms with Crippen molar-refractivity contribution in [2.45, 2.75) is 33.7 Å². The Morgan fingerprint density at radius 1 is 1.45 bits per heavy atom. The number of aryl methyl sites for hydroxylation is 1. The first-order valence-corrected chi connectivity index (χ1v) is 6.79. The van der Waals surface area contributed by atoms with Crippen LogP contribution in [0.25, 0.3) is 0 Å². The molecule has 0 aliphatic rings. The second-order valence-electron chi connectivity index (χ2n) is 4.55. The van der Waals surface area contributed by atoms with E-state index in [4.69, 9.17) is 0 Å². The summed E-state index contributed by atoms with van der Waals surface area (Å²) in [5.41, 5.74) is 0.262. The Morgan fingerprint density at radius 2 is 2.10 bits per heavy atom. The fourth-order valence-corrected chi connectivity index (χ4v) is 1.89. The fourth-order valence-electron chi connectivity index (χ4n) is 1.89. The third-order valence-electron chi connectivity index (χ3n) is 3.16. The summed E-state index contributed by atoms with van der Waals surface area (Å²) in [6.45, 7) is 8.93. The van der Waals surface area contributed by atoms with Crippen molar-refractivity contribution in [2.24, 2.45) is 0 Å². The van der Waals surface area contributed by atoms with Gasteiger partial charge < -0.3 is 10.2 Å². The molecule has 0 spiro atoms. The smallest absolute Gasteiger partial charge is 0.282 e. The van der Waals surface area contributed by atoms with Crippen LogP contribution in [0.3, 0.4) is 0 Å². The summed E-state index contributed by atoms with van der Waals surface area (Å²) in [6.07, 6.45) is -2.61. The van der Waals surface area contributed by atoms with E-state index in [1.165, 1.54) is 10.7 Å². The average molecular weight is 288 g/mol. The molecule has 5 nitrogen and oxygen atoms in total. The molecule has 1 N–H and O–H groups in total. The van der Waals surface area contributed by atoms with Crippen molar-refractivity contribution >= 4 is 5.91 Å². The highest BCUT2D eigenvalue weighted by Crippen LogP contribution is 2.17. The minimum absolute atomic E-state index is 0.0309. The quantitative estimate of drug-likeness (QED) is 0.790. The van der Waals surface area contributed by atoms with Crippen molar-refractivity contribution in [2.75, 3.05) is 26.2 Å². The van der Waals surface area contributed by atoms with Crippen LogP contribution in [-0.4, -0.2) is 46.8 Å². The van der Waals surface area contributed by atoms with Gasteiger partial charge in [-0.2, -0.15) is 5.10 Å². The summed E-state index contributed by atoms with van der Waals surface area (Å²) in [4.78, 5) is 13.9. The van der Waals surface area contributed by atoms with Gasteiger partial charge in [-0.1, -0.05) is 13.8 Å². The monoisotopic (exact) mass is 288 g/mol.